The summed E-state index contributed by atoms with van der Waals surface area (Å²) in [5, 5.41) is 4.26. The summed E-state index contributed by atoms with van der Waals surface area (Å²) in [5.74, 6) is 0.0314. The summed E-state index contributed by atoms with van der Waals surface area (Å²) in [6.07, 6.45) is 4.19. The zero-order valence-corrected chi connectivity index (χ0v) is 19.3. The average molecular weight is 452 g/mol. The van der Waals surface area contributed by atoms with Gasteiger partial charge in [-0.2, -0.15) is 0 Å². The van der Waals surface area contributed by atoms with Crippen LogP contribution in [0.25, 0.3) is 32.7 Å². The van der Waals surface area contributed by atoms with E-state index in [-0.39, 0.29) is 11.7 Å². The average Bonchev–Trinajstić information content (AvgIpc) is 2.87. The van der Waals surface area contributed by atoms with Crippen molar-refractivity contribution in [3.05, 3.63) is 109 Å². The van der Waals surface area contributed by atoms with E-state index in [1.807, 2.05) is 31.2 Å². The minimum atomic E-state index is -3.42. The summed E-state index contributed by atoms with van der Waals surface area (Å²) < 4.78 is 26.4. The first-order valence-electron chi connectivity index (χ1n) is 11.2. The second-order valence-electron chi connectivity index (χ2n) is 8.46. The topological polar surface area (TPSA) is 47.0 Å². The largest absolute Gasteiger partial charge is 0.264 e. The van der Waals surface area contributed by atoms with Crippen molar-refractivity contribution >= 4 is 31.4 Å². The molecule has 1 aromatic heterocycles. The number of rotatable bonds is 6. The molecule has 0 N–H and O–H groups in total. The number of pyridine rings is 1. The SMILES string of the molecule is CCC(CS(=O)(=O)c1ccc2cnccc2c1)c1ccc(-c2ccc3ccccc3c2)cc1. The number of fused-ring (bicyclic) bond motifs is 2. The van der Waals surface area contributed by atoms with Crippen LogP contribution in [-0.2, 0) is 9.84 Å². The number of nitrogens with zero attached hydrogens (tertiary/aromatic N) is 1. The monoisotopic (exact) mass is 451 g/mol. The highest BCUT2D eigenvalue weighted by Crippen LogP contribution is 2.30. The van der Waals surface area contributed by atoms with E-state index in [1.54, 1.807) is 24.5 Å². The van der Waals surface area contributed by atoms with Gasteiger partial charge in [0, 0.05) is 17.8 Å². The molecule has 4 aromatic carbocycles. The Morgan fingerprint density at radius 3 is 2.21 bits per heavy atom. The van der Waals surface area contributed by atoms with E-state index < -0.39 is 9.84 Å². The Hall–Kier alpha value is -3.50. The highest BCUT2D eigenvalue weighted by molar-refractivity contribution is 7.91. The normalized spacial score (nSPS) is 12.8. The molecule has 164 valence electrons. The highest BCUT2D eigenvalue weighted by Gasteiger charge is 2.22. The van der Waals surface area contributed by atoms with Crippen molar-refractivity contribution in [3.63, 3.8) is 0 Å². The predicted octanol–water partition coefficient (Wildman–Crippen LogP) is 7.02. The fourth-order valence-electron chi connectivity index (χ4n) is 4.38. The maximum absolute atomic E-state index is 13.2. The maximum atomic E-state index is 13.2. The zero-order chi connectivity index (χ0) is 22.8. The summed E-state index contributed by atoms with van der Waals surface area (Å²) >= 11 is 0. The molecule has 0 aliphatic rings. The van der Waals surface area contributed by atoms with E-state index in [9.17, 15) is 8.42 Å². The lowest BCUT2D eigenvalue weighted by atomic mass is 9.95. The lowest BCUT2D eigenvalue weighted by Crippen LogP contribution is -2.14. The first-order chi connectivity index (χ1) is 16.0. The molecule has 1 atom stereocenters. The summed E-state index contributed by atoms with van der Waals surface area (Å²) in [5.41, 5.74) is 3.34. The number of hydrogen-bond acceptors (Lipinski definition) is 3. The lowest BCUT2D eigenvalue weighted by Gasteiger charge is -2.17. The first kappa shape index (κ1) is 21.4. The summed E-state index contributed by atoms with van der Waals surface area (Å²) in [4.78, 5) is 4.47. The molecule has 0 bridgehead atoms. The van der Waals surface area contributed by atoms with E-state index in [0.29, 0.717) is 4.90 Å². The van der Waals surface area contributed by atoms with Crippen LogP contribution in [0, 0.1) is 0 Å². The van der Waals surface area contributed by atoms with Crippen molar-refractivity contribution in [2.75, 3.05) is 5.75 Å². The van der Waals surface area contributed by atoms with Crippen molar-refractivity contribution in [1.82, 2.24) is 4.98 Å². The van der Waals surface area contributed by atoms with E-state index in [0.717, 1.165) is 33.9 Å². The van der Waals surface area contributed by atoms with Gasteiger partial charge in [-0.15, -0.1) is 0 Å². The van der Waals surface area contributed by atoms with Crippen LogP contribution < -0.4 is 0 Å². The van der Waals surface area contributed by atoms with Gasteiger partial charge in [-0.3, -0.25) is 4.98 Å². The molecular formula is C29H25NO2S. The Morgan fingerprint density at radius 2 is 1.42 bits per heavy atom. The zero-order valence-electron chi connectivity index (χ0n) is 18.5. The van der Waals surface area contributed by atoms with Crippen molar-refractivity contribution < 1.29 is 8.42 Å². The Bertz CT molecular complexity index is 1540. The smallest absolute Gasteiger partial charge is 0.178 e. The fourth-order valence-corrected chi connectivity index (χ4v) is 6.11. The Morgan fingerprint density at radius 1 is 0.727 bits per heavy atom. The molecule has 5 aromatic rings. The Balaban J connectivity index is 1.40. The molecule has 0 radical (unpaired) electrons. The van der Waals surface area contributed by atoms with E-state index in [4.69, 9.17) is 0 Å². The lowest BCUT2D eigenvalue weighted by molar-refractivity contribution is 0.585. The number of sulfone groups is 1. The van der Waals surface area contributed by atoms with Crippen LogP contribution in [0.1, 0.15) is 24.8 Å². The maximum Gasteiger partial charge on any atom is 0.178 e. The van der Waals surface area contributed by atoms with Crippen LogP contribution in [0.5, 0.6) is 0 Å². The van der Waals surface area contributed by atoms with Gasteiger partial charge in [-0.1, -0.05) is 73.7 Å². The highest BCUT2D eigenvalue weighted by atomic mass is 32.2. The van der Waals surface area contributed by atoms with Gasteiger partial charge < -0.3 is 0 Å². The molecule has 0 spiro atoms. The number of aromatic nitrogens is 1. The standard InChI is InChI=1S/C29H25NO2S/c1-2-21(20-33(31,32)29-14-13-28-19-30-16-15-27(28)18-29)23-7-9-24(10-8-23)26-12-11-22-5-3-4-6-25(22)17-26/h3-19,21H,2,20H2,1H3. The molecule has 4 heteroatoms. The van der Waals surface area contributed by atoms with Crippen LogP contribution in [0.15, 0.2) is 108 Å². The molecule has 1 unspecified atom stereocenters. The van der Waals surface area contributed by atoms with Crippen LogP contribution in [0.4, 0.5) is 0 Å². The van der Waals surface area contributed by atoms with E-state index >= 15 is 0 Å². The molecule has 1 heterocycles. The molecule has 0 amide bonds. The van der Waals surface area contributed by atoms with Gasteiger partial charge in [0.2, 0.25) is 0 Å². The molecule has 0 fully saturated rings. The molecule has 5 rings (SSSR count). The van der Waals surface area contributed by atoms with Gasteiger partial charge in [0.05, 0.1) is 10.6 Å². The molecule has 0 aliphatic carbocycles. The molecule has 0 saturated heterocycles. The Kier molecular flexibility index (Phi) is 5.69. The van der Waals surface area contributed by atoms with Crippen molar-refractivity contribution in [2.45, 2.75) is 24.2 Å². The van der Waals surface area contributed by atoms with E-state index in [2.05, 4.69) is 59.6 Å². The summed E-state index contributed by atoms with van der Waals surface area (Å²) in [7, 11) is -3.42. The van der Waals surface area contributed by atoms with Crippen molar-refractivity contribution in [3.8, 4) is 11.1 Å². The third-order valence-corrected chi connectivity index (χ3v) is 8.16. The van der Waals surface area contributed by atoms with Gasteiger partial charge in [0.25, 0.3) is 0 Å². The number of hydrogen-bond donors (Lipinski definition) is 0. The van der Waals surface area contributed by atoms with E-state index in [1.165, 1.54) is 10.8 Å². The van der Waals surface area contributed by atoms with Gasteiger partial charge in [0.15, 0.2) is 9.84 Å². The van der Waals surface area contributed by atoms with Crippen LogP contribution in [0.2, 0.25) is 0 Å². The van der Waals surface area contributed by atoms with Gasteiger partial charge in [-0.05, 0) is 69.5 Å². The molecule has 0 aliphatic heterocycles. The second kappa shape index (κ2) is 8.80. The minimum Gasteiger partial charge on any atom is -0.264 e. The minimum absolute atomic E-state index is 0.0613. The molecule has 33 heavy (non-hydrogen) atoms. The van der Waals surface area contributed by atoms with Gasteiger partial charge in [-0.25, -0.2) is 8.42 Å². The Labute approximate surface area is 194 Å². The van der Waals surface area contributed by atoms with Crippen LogP contribution >= 0.6 is 0 Å². The summed E-state index contributed by atoms with van der Waals surface area (Å²) in [6, 6.07) is 30.2. The van der Waals surface area contributed by atoms with Gasteiger partial charge in [0.1, 0.15) is 0 Å². The fraction of sp³-hybridized carbons (Fsp3) is 0.138. The van der Waals surface area contributed by atoms with Crippen LogP contribution in [-0.4, -0.2) is 19.2 Å². The third kappa shape index (κ3) is 4.39. The number of benzene rings is 4. The first-order valence-corrected chi connectivity index (χ1v) is 12.8. The van der Waals surface area contributed by atoms with Crippen LogP contribution in [0.3, 0.4) is 0 Å². The molecule has 3 nitrogen and oxygen atoms in total. The third-order valence-electron chi connectivity index (χ3n) is 6.35. The second-order valence-corrected chi connectivity index (χ2v) is 10.5. The van der Waals surface area contributed by atoms with Crippen molar-refractivity contribution in [1.29, 1.82) is 0 Å². The molecular weight excluding hydrogens is 426 g/mol. The van der Waals surface area contributed by atoms with Gasteiger partial charge >= 0.3 is 0 Å². The summed E-state index contributed by atoms with van der Waals surface area (Å²) in [6.45, 7) is 2.05. The quantitative estimate of drug-likeness (QED) is 0.279. The predicted molar refractivity (Wildman–Crippen MR) is 136 cm³/mol. The van der Waals surface area contributed by atoms with Crippen molar-refractivity contribution in [2.24, 2.45) is 0 Å². The molecule has 0 saturated carbocycles.